The zero-order chi connectivity index (χ0) is 24.8. The summed E-state index contributed by atoms with van der Waals surface area (Å²) in [5.41, 5.74) is 5.95. The number of ether oxygens (including phenoxy) is 1. The summed E-state index contributed by atoms with van der Waals surface area (Å²) in [6.45, 7) is -1.16. The highest BCUT2D eigenvalue weighted by Crippen LogP contribution is 2.36. The summed E-state index contributed by atoms with van der Waals surface area (Å²) < 4.78 is 68.8. The molecule has 0 aromatic heterocycles. The van der Waals surface area contributed by atoms with E-state index in [0.29, 0.717) is 27.8 Å². The number of nitrogens with zero attached hydrogens (tertiary/aromatic N) is 2. The Labute approximate surface area is 192 Å². The average Bonchev–Trinajstić information content (AvgIpc) is 2.70. The Bertz CT molecular complexity index is 1160. The van der Waals surface area contributed by atoms with Crippen LogP contribution in [-0.4, -0.2) is 45.9 Å². The number of nitrogens with one attached hydrogen (secondary N) is 1. The van der Waals surface area contributed by atoms with Crippen molar-refractivity contribution in [2.45, 2.75) is 6.18 Å². The number of alkyl halides is 3. The zero-order valence-corrected chi connectivity index (χ0v) is 18.5. The summed E-state index contributed by atoms with van der Waals surface area (Å²) in [5.74, 6) is -1.19. The van der Waals surface area contributed by atoms with E-state index in [0.717, 1.165) is 12.3 Å². The van der Waals surface area contributed by atoms with Gasteiger partial charge in [-0.25, -0.2) is 13.8 Å². The summed E-state index contributed by atoms with van der Waals surface area (Å²) in [6.07, 6.45) is -2.78. The molecule has 0 unspecified atom stereocenters. The van der Waals surface area contributed by atoms with E-state index in [1.807, 2.05) is 0 Å². The Hall–Kier alpha value is -3.32. The molecule has 2 rings (SSSR count). The number of amides is 2. The van der Waals surface area contributed by atoms with Crippen LogP contribution in [0.5, 0.6) is 5.75 Å². The van der Waals surface area contributed by atoms with Crippen LogP contribution in [0.15, 0.2) is 47.6 Å². The van der Waals surface area contributed by atoms with Crippen LogP contribution in [0, 0.1) is 0 Å². The van der Waals surface area contributed by atoms with Crippen molar-refractivity contribution in [3.8, 4) is 5.75 Å². The molecule has 0 aliphatic carbocycles. The number of benzene rings is 2. The Morgan fingerprint density at radius 3 is 2.39 bits per heavy atom. The lowest BCUT2D eigenvalue weighted by atomic mass is 10.2. The smallest absolute Gasteiger partial charge is 0.416 e. The fourth-order valence-electron chi connectivity index (χ4n) is 2.41. The van der Waals surface area contributed by atoms with E-state index in [1.54, 1.807) is 12.1 Å². The van der Waals surface area contributed by atoms with Crippen LogP contribution in [0.3, 0.4) is 0 Å². The second kappa shape index (κ2) is 10.5. The molecule has 0 heterocycles. The van der Waals surface area contributed by atoms with Crippen molar-refractivity contribution < 1.29 is 35.9 Å². The van der Waals surface area contributed by atoms with Crippen molar-refractivity contribution in [3.63, 3.8) is 0 Å². The van der Waals surface area contributed by atoms with Gasteiger partial charge in [-0.2, -0.15) is 18.3 Å². The van der Waals surface area contributed by atoms with Crippen LogP contribution in [0.25, 0.3) is 0 Å². The Morgan fingerprint density at radius 2 is 1.85 bits per heavy atom. The molecule has 0 aliphatic rings. The van der Waals surface area contributed by atoms with Gasteiger partial charge in [0, 0.05) is 0 Å². The molecule has 0 saturated carbocycles. The number of sulfonamides is 1. The quantitative estimate of drug-likeness (QED) is 0.397. The molecular weight excluding hydrogens is 489 g/mol. The maximum absolute atomic E-state index is 13.0. The first-order valence-corrected chi connectivity index (χ1v) is 11.2. The average molecular weight is 507 g/mol. The Kier molecular flexibility index (Phi) is 8.28. The molecule has 178 valence electrons. The van der Waals surface area contributed by atoms with Crippen LogP contribution in [0.1, 0.15) is 11.1 Å². The molecule has 14 heteroatoms. The fraction of sp³-hybridized carbons (Fsp3) is 0.211. The number of hydrogen-bond donors (Lipinski definition) is 2. The summed E-state index contributed by atoms with van der Waals surface area (Å²) in [4.78, 5) is 22.9. The van der Waals surface area contributed by atoms with Crippen LogP contribution >= 0.6 is 11.6 Å². The van der Waals surface area contributed by atoms with Gasteiger partial charge in [0.1, 0.15) is 12.3 Å². The molecule has 0 spiro atoms. The van der Waals surface area contributed by atoms with Crippen molar-refractivity contribution >= 4 is 45.3 Å². The first-order valence-electron chi connectivity index (χ1n) is 8.95. The normalized spacial score (nSPS) is 11.9. The topological polar surface area (TPSA) is 131 Å². The highest BCUT2D eigenvalue weighted by Gasteiger charge is 2.33. The molecule has 2 aromatic rings. The van der Waals surface area contributed by atoms with E-state index in [2.05, 4.69) is 10.5 Å². The number of primary amides is 1. The molecule has 2 amide bonds. The van der Waals surface area contributed by atoms with E-state index in [-0.39, 0.29) is 11.6 Å². The second-order valence-electron chi connectivity index (χ2n) is 6.55. The third kappa shape index (κ3) is 7.95. The van der Waals surface area contributed by atoms with Gasteiger partial charge in [-0.15, -0.1) is 0 Å². The monoisotopic (exact) mass is 506 g/mol. The van der Waals surface area contributed by atoms with E-state index in [4.69, 9.17) is 22.1 Å². The lowest BCUT2D eigenvalue weighted by molar-refractivity contribution is -0.137. The van der Waals surface area contributed by atoms with Crippen LogP contribution in [0.4, 0.5) is 18.9 Å². The highest BCUT2D eigenvalue weighted by molar-refractivity contribution is 7.92. The van der Waals surface area contributed by atoms with E-state index in [1.165, 1.54) is 18.3 Å². The number of nitrogens with two attached hydrogens (primary N) is 1. The molecule has 2 aromatic carbocycles. The van der Waals surface area contributed by atoms with Crippen molar-refractivity contribution in [2.24, 2.45) is 10.8 Å². The Morgan fingerprint density at radius 1 is 1.21 bits per heavy atom. The van der Waals surface area contributed by atoms with Crippen LogP contribution in [-0.2, 0) is 25.8 Å². The van der Waals surface area contributed by atoms with Crippen LogP contribution < -0.4 is 20.2 Å². The summed E-state index contributed by atoms with van der Waals surface area (Å²) in [6, 6.07) is 8.28. The fourth-order valence-corrected chi connectivity index (χ4v) is 3.54. The lowest BCUT2D eigenvalue weighted by Gasteiger charge is -2.23. The number of anilines is 1. The van der Waals surface area contributed by atoms with Gasteiger partial charge in [0.2, 0.25) is 10.0 Å². The minimum atomic E-state index is -4.74. The maximum atomic E-state index is 13.0. The molecule has 0 bridgehead atoms. The number of carbonyl (C=O) groups excluding carboxylic acids is 2. The van der Waals surface area contributed by atoms with Gasteiger partial charge in [0.15, 0.2) is 6.61 Å². The van der Waals surface area contributed by atoms with E-state index < -0.39 is 45.8 Å². The molecule has 0 fully saturated rings. The molecule has 3 N–H and O–H groups in total. The van der Waals surface area contributed by atoms with Crippen molar-refractivity contribution in [1.82, 2.24) is 5.43 Å². The predicted molar refractivity (Wildman–Crippen MR) is 116 cm³/mol. The standard InChI is InChI=1S/C19H18ClF3N4O5S/c1-33(30,31)27(16-8-13(19(21,22)23)4-7-15(16)20)10-18(29)26-25-9-12-2-5-14(6-3-12)32-11-17(24)28/h2-9H,10-11H2,1H3,(H2,24,28)(H,26,29)/b25-9+. The number of carbonyl (C=O) groups is 2. The SMILES string of the molecule is CS(=O)(=O)N(CC(=O)N/N=C/c1ccc(OCC(N)=O)cc1)c1cc(C(F)(F)F)ccc1Cl. The third-order valence-corrected chi connectivity index (χ3v) is 5.34. The highest BCUT2D eigenvalue weighted by atomic mass is 35.5. The maximum Gasteiger partial charge on any atom is 0.416 e. The molecule has 0 saturated heterocycles. The molecular formula is C19H18ClF3N4O5S. The van der Waals surface area contributed by atoms with E-state index >= 15 is 0 Å². The summed E-state index contributed by atoms with van der Waals surface area (Å²) in [5, 5.41) is 3.39. The van der Waals surface area contributed by atoms with Crippen molar-refractivity contribution in [2.75, 3.05) is 23.7 Å². The predicted octanol–water partition coefficient (Wildman–Crippen LogP) is 2.14. The van der Waals surface area contributed by atoms with Gasteiger partial charge >= 0.3 is 6.18 Å². The summed E-state index contributed by atoms with van der Waals surface area (Å²) in [7, 11) is -4.17. The molecule has 33 heavy (non-hydrogen) atoms. The summed E-state index contributed by atoms with van der Waals surface area (Å²) >= 11 is 5.90. The molecule has 0 radical (unpaired) electrons. The van der Waals surface area contributed by atoms with Crippen LogP contribution in [0.2, 0.25) is 5.02 Å². The van der Waals surface area contributed by atoms with Gasteiger partial charge in [0.05, 0.1) is 28.7 Å². The van der Waals surface area contributed by atoms with Gasteiger partial charge in [-0.3, -0.25) is 13.9 Å². The third-order valence-electron chi connectivity index (χ3n) is 3.89. The minimum Gasteiger partial charge on any atom is -0.484 e. The number of halogens is 4. The first-order chi connectivity index (χ1) is 15.3. The molecule has 0 aliphatic heterocycles. The largest absolute Gasteiger partial charge is 0.484 e. The first kappa shape index (κ1) is 25.9. The minimum absolute atomic E-state index is 0.289. The molecule has 0 atom stereocenters. The molecule has 9 nitrogen and oxygen atoms in total. The van der Waals surface area contributed by atoms with Gasteiger partial charge in [-0.1, -0.05) is 11.6 Å². The second-order valence-corrected chi connectivity index (χ2v) is 8.86. The van der Waals surface area contributed by atoms with Gasteiger partial charge in [0.25, 0.3) is 11.8 Å². The van der Waals surface area contributed by atoms with Gasteiger partial charge in [-0.05, 0) is 48.0 Å². The number of rotatable bonds is 9. The van der Waals surface area contributed by atoms with E-state index in [9.17, 15) is 31.2 Å². The van der Waals surface area contributed by atoms with Gasteiger partial charge < -0.3 is 10.5 Å². The number of hydrogen-bond acceptors (Lipinski definition) is 6. The van der Waals surface area contributed by atoms with Crippen molar-refractivity contribution in [3.05, 3.63) is 58.6 Å². The zero-order valence-electron chi connectivity index (χ0n) is 17.0. The number of hydrazone groups is 1. The van der Waals surface area contributed by atoms with Crippen molar-refractivity contribution in [1.29, 1.82) is 0 Å². The lowest BCUT2D eigenvalue weighted by Crippen LogP contribution is -2.39. The Balaban J connectivity index is 2.11.